The summed E-state index contributed by atoms with van der Waals surface area (Å²) in [7, 11) is 1.44. The molecule has 34 heavy (non-hydrogen) atoms. The highest BCUT2D eigenvalue weighted by Gasteiger charge is 2.41. The second kappa shape index (κ2) is 9.58. The predicted octanol–water partition coefficient (Wildman–Crippen LogP) is 3.34. The van der Waals surface area contributed by atoms with Gasteiger partial charge in [0, 0.05) is 45.0 Å². The maximum absolute atomic E-state index is 12.9. The van der Waals surface area contributed by atoms with E-state index in [9.17, 15) is 22.8 Å². The standard InChI is InChI=1S/C21H22F3N5O4S/c1-32-15-5-6-26-17-16(15)29(18(25)30)20(34-17)33-19(31)28-9-7-27(8-10-28)12-13-3-2-4-14(11-13)21(22,23)24/h2-6,11,20H,7-10,12H2,1H3,(H2,25,30). The number of rotatable bonds is 4. The Morgan fingerprint density at radius 2 is 1.94 bits per heavy atom. The summed E-state index contributed by atoms with van der Waals surface area (Å²) >= 11 is 1.06. The van der Waals surface area contributed by atoms with Gasteiger partial charge in [-0.1, -0.05) is 18.2 Å². The number of amides is 3. The molecule has 3 amide bonds. The maximum Gasteiger partial charge on any atom is 0.416 e. The third kappa shape index (κ3) is 4.99. The van der Waals surface area contributed by atoms with E-state index in [0.29, 0.717) is 54.8 Å². The predicted molar refractivity (Wildman–Crippen MR) is 117 cm³/mol. The van der Waals surface area contributed by atoms with Gasteiger partial charge in [0.1, 0.15) is 16.5 Å². The number of carbonyl (C=O) groups is 2. The lowest BCUT2D eigenvalue weighted by atomic mass is 10.1. The van der Waals surface area contributed by atoms with Gasteiger partial charge in [0.15, 0.2) is 0 Å². The summed E-state index contributed by atoms with van der Waals surface area (Å²) in [6.07, 6.45) is -3.51. The van der Waals surface area contributed by atoms with Crippen molar-refractivity contribution in [3.8, 4) is 5.75 Å². The second-order valence-electron chi connectivity index (χ2n) is 7.65. The lowest BCUT2D eigenvalue weighted by Crippen LogP contribution is -2.50. The van der Waals surface area contributed by atoms with Crippen molar-refractivity contribution in [1.29, 1.82) is 0 Å². The van der Waals surface area contributed by atoms with Crippen molar-refractivity contribution in [2.24, 2.45) is 5.73 Å². The Morgan fingerprint density at radius 3 is 2.59 bits per heavy atom. The Balaban J connectivity index is 1.35. The number of primary amides is 1. The lowest BCUT2D eigenvalue weighted by molar-refractivity contribution is -0.137. The molecule has 0 bridgehead atoms. The number of aromatic nitrogens is 1. The molecule has 2 aliphatic heterocycles. The minimum atomic E-state index is -4.39. The fraction of sp³-hybridized carbons (Fsp3) is 0.381. The van der Waals surface area contributed by atoms with Crippen LogP contribution in [0.2, 0.25) is 0 Å². The number of ether oxygens (including phenoxy) is 2. The topological polar surface area (TPSA) is 101 Å². The third-order valence-electron chi connectivity index (χ3n) is 5.47. The number of hydrogen-bond donors (Lipinski definition) is 1. The summed E-state index contributed by atoms with van der Waals surface area (Å²) in [6.45, 7) is 1.89. The highest BCUT2D eigenvalue weighted by atomic mass is 32.2. The van der Waals surface area contributed by atoms with Crippen molar-refractivity contribution >= 4 is 29.6 Å². The number of thioether (sulfide) groups is 1. The van der Waals surface area contributed by atoms with Crippen LogP contribution in [-0.4, -0.2) is 65.8 Å². The summed E-state index contributed by atoms with van der Waals surface area (Å²) in [5.41, 5.74) is 4.68. The number of anilines is 1. The number of nitrogens with zero attached hydrogens (tertiary/aromatic N) is 4. The van der Waals surface area contributed by atoms with Gasteiger partial charge >= 0.3 is 18.3 Å². The number of nitrogens with two attached hydrogens (primary N) is 1. The molecular weight excluding hydrogens is 475 g/mol. The van der Waals surface area contributed by atoms with Gasteiger partial charge in [-0.15, -0.1) is 0 Å². The van der Waals surface area contributed by atoms with Gasteiger partial charge in [-0.05, 0) is 23.4 Å². The van der Waals surface area contributed by atoms with E-state index in [1.54, 1.807) is 12.1 Å². The van der Waals surface area contributed by atoms with Gasteiger partial charge in [-0.25, -0.2) is 19.5 Å². The molecular formula is C21H22F3N5O4S. The molecule has 0 aliphatic carbocycles. The number of halogens is 3. The highest BCUT2D eigenvalue weighted by Crippen LogP contribution is 2.47. The van der Waals surface area contributed by atoms with Crippen LogP contribution in [0.4, 0.5) is 28.4 Å². The van der Waals surface area contributed by atoms with Gasteiger partial charge in [0.2, 0.25) is 5.56 Å². The van der Waals surface area contributed by atoms with Crippen LogP contribution in [-0.2, 0) is 17.5 Å². The van der Waals surface area contributed by atoms with Gasteiger partial charge < -0.3 is 20.1 Å². The molecule has 0 spiro atoms. The molecule has 1 atom stereocenters. The first-order chi connectivity index (χ1) is 16.2. The monoisotopic (exact) mass is 497 g/mol. The number of fused-ring (bicyclic) bond motifs is 1. The van der Waals surface area contributed by atoms with E-state index < -0.39 is 29.4 Å². The van der Waals surface area contributed by atoms with Crippen LogP contribution in [0.3, 0.4) is 0 Å². The van der Waals surface area contributed by atoms with Gasteiger partial charge in [0.05, 0.1) is 12.7 Å². The average molecular weight is 497 g/mol. The summed E-state index contributed by atoms with van der Waals surface area (Å²) in [5.74, 6) is 0.373. The van der Waals surface area contributed by atoms with Gasteiger partial charge in [-0.2, -0.15) is 13.2 Å². The molecule has 1 fully saturated rings. The Hall–Kier alpha value is -3.19. The smallest absolute Gasteiger partial charge is 0.416 e. The van der Waals surface area contributed by atoms with Crippen LogP contribution in [0, 0.1) is 0 Å². The number of pyridine rings is 1. The van der Waals surface area contributed by atoms with Crippen molar-refractivity contribution in [2.45, 2.75) is 23.3 Å². The molecule has 2 aromatic rings. The van der Waals surface area contributed by atoms with Crippen LogP contribution in [0.1, 0.15) is 11.1 Å². The fourth-order valence-electron chi connectivity index (χ4n) is 3.79. The molecule has 2 aliphatic rings. The minimum absolute atomic E-state index is 0.320. The average Bonchev–Trinajstić information content (AvgIpc) is 3.17. The summed E-state index contributed by atoms with van der Waals surface area (Å²) in [5, 5.41) is 0.446. The molecule has 13 heteroatoms. The molecule has 4 rings (SSSR count). The van der Waals surface area contributed by atoms with Crippen LogP contribution in [0.25, 0.3) is 0 Å². The number of carbonyl (C=O) groups excluding carboxylic acids is 2. The molecule has 1 aromatic heterocycles. The first-order valence-electron chi connectivity index (χ1n) is 10.3. The minimum Gasteiger partial charge on any atom is -0.494 e. The molecule has 9 nitrogen and oxygen atoms in total. The van der Waals surface area contributed by atoms with Crippen LogP contribution < -0.4 is 15.4 Å². The Kier molecular flexibility index (Phi) is 6.75. The number of hydrogen-bond acceptors (Lipinski definition) is 7. The number of piperazine rings is 1. The fourth-order valence-corrected chi connectivity index (χ4v) is 4.86. The Labute approximate surface area is 197 Å². The van der Waals surface area contributed by atoms with Crippen molar-refractivity contribution in [3.63, 3.8) is 0 Å². The number of urea groups is 1. The quantitative estimate of drug-likeness (QED) is 0.692. The van der Waals surface area contributed by atoms with E-state index in [0.717, 1.165) is 28.8 Å². The van der Waals surface area contributed by atoms with Crippen LogP contribution >= 0.6 is 11.8 Å². The third-order valence-corrected chi connectivity index (χ3v) is 6.50. The van der Waals surface area contributed by atoms with Crippen LogP contribution in [0.5, 0.6) is 5.75 Å². The van der Waals surface area contributed by atoms with E-state index >= 15 is 0 Å². The van der Waals surface area contributed by atoms with Crippen molar-refractivity contribution in [2.75, 3.05) is 38.2 Å². The SMILES string of the molecule is COc1ccnc2c1N(C(N)=O)C(OC(=O)N1CCN(Cc3cccc(C(F)(F)F)c3)CC1)S2. The van der Waals surface area contributed by atoms with E-state index in [1.807, 2.05) is 4.90 Å². The Morgan fingerprint density at radius 1 is 1.21 bits per heavy atom. The van der Waals surface area contributed by atoms with E-state index in [4.69, 9.17) is 15.2 Å². The summed E-state index contributed by atoms with van der Waals surface area (Å²) < 4.78 is 49.7. The second-order valence-corrected chi connectivity index (χ2v) is 8.67. The van der Waals surface area contributed by atoms with E-state index in [1.165, 1.54) is 24.3 Å². The zero-order valence-electron chi connectivity index (χ0n) is 18.1. The molecule has 1 saturated heterocycles. The van der Waals surface area contributed by atoms with E-state index in [-0.39, 0.29) is 0 Å². The zero-order chi connectivity index (χ0) is 24.5. The van der Waals surface area contributed by atoms with Crippen molar-refractivity contribution in [1.82, 2.24) is 14.8 Å². The molecule has 2 N–H and O–H groups in total. The number of methoxy groups -OCH3 is 1. The lowest BCUT2D eigenvalue weighted by Gasteiger charge is -2.35. The molecule has 0 radical (unpaired) electrons. The molecule has 1 aromatic carbocycles. The summed E-state index contributed by atoms with van der Waals surface area (Å²) in [6, 6.07) is 5.96. The molecule has 1 unspecified atom stereocenters. The van der Waals surface area contributed by atoms with Crippen LogP contribution in [0.15, 0.2) is 41.6 Å². The first-order valence-corrected chi connectivity index (χ1v) is 11.2. The molecule has 0 saturated carbocycles. The highest BCUT2D eigenvalue weighted by molar-refractivity contribution is 8.00. The first kappa shape index (κ1) is 24.0. The van der Waals surface area contributed by atoms with Crippen molar-refractivity contribution in [3.05, 3.63) is 47.7 Å². The van der Waals surface area contributed by atoms with Gasteiger partial charge in [0.25, 0.3) is 0 Å². The van der Waals surface area contributed by atoms with Gasteiger partial charge in [-0.3, -0.25) is 4.90 Å². The molecule has 182 valence electrons. The summed E-state index contributed by atoms with van der Waals surface area (Å²) in [4.78, 5) is 33.6. The Bertz CT molecular complexity index is 1080. The zero-order valence-corrected chi connectivity index (χ0v) is 18.9. The largest absolute Gasteiger partial charge is 0.494 e. The van der Waals surface area contributed by atoms with Crippen molar-refractivity contribution < 1.29 is 32.2 Å². The maximum atomic E-state index is 12.9. The molecule has 3 heterocycles. The number of alkyl halides is 3. The normalized spacial score (nSPS) is 18.5. The van der Waals surface area contributed by atoms with E-state index in [2.05, 4.69) is 4.98 Å². The number of benzene rings is 1.